The lowest BCUT2D eigenvalue weighted by molar-refractivity contribution is -0.147. The Kier molecular flexibility index (Phi) is 4.41. The average Bonchev–Trinajstić information content (AvgIpc) is 2.45. The fourth-order valence-electron chi connectivity index (χ4n) is 2.03. The van der Waals surface area contributed by atoms with Crippen LogP contribution in [0.4, 0.5) is 0 Å². The lowest BCUT2D eigenvalue weighted by Gasteiger charge is -2.20. The van der Waals surface area contributed by atoms with Gasteiger partial charge in [0.1, 0.15) is 5.75 Å². The number of ether oxygens (including phenoxy) is 1. The van der Waals surface area contributed by atoms with Crippen molar-refractivity contribution in [1.29, 1.82) is 0 Å². The summed E-state index contributed by atoms with van der Waals surface area (Å²) < 4.78 is 5.72. The average molecular weight is 270 g/mol. The van der Waals surface area contributed by atoms with Gasteiger partial charge in [0.2, 0.25) is 0 Å². The summed E-state index contributed by atoms with van der Waals surface area (Å²) in [5.74, 6) is -0.445. The lowest BCUT2D eigenvalue weighted by Crippen LogP contribution is -2.32. The molecule has 2 aromatic carbocycles. The number of benzene rings is 2. The number of hydrogen-bond donors (Lipinski definition) is 1. The molecule has 104 valence electrons. The zero-order chi connectivity index (χ0) is 14.5. The van der Waals surface area contributed by atoms with Crippen LogP contribution in [0.5, 0.6) is 5.75 Å². The standard InChI is InChI=1S/C17H18O3/c1-12(2)16(17(18)19)20-15-11-7-6-10-14(15)13-8-4-3-5-9-13/h3-12,16H,1-2H3,(H,18,19). The summed E-state index contributed by atoms with van der Waals surface area (Å²) in [4.78, 5) is 11.3. The van der Waals surface area contributed by atoms with Gasteiger partial charge in [-0.15, -0.1) is 0 Å². The second-order valence-corrected chi connectivity index (χ2v) is 4.98. The predicted molar refractivity (Wildman–Crippen MR) is 78.8 cm³/mol. The molecule has 3 heteroatoms. The van der Waals surface area contributed by atoms with E-state index < -0.39 is 12.1 Å². The van der Waals surface area contributed by atoms with E-state index in [0.717, 1.165) is 11.1 Å². The molecule has 2 rings (SSSR count). The zero-order valence-corrected chi connectivity index (χ0v) is 11.6. The second kappa shape index (κ2) is 6.24. The Labute approximate surface area is 118 Å². The first kappa shape index (κ1) is 14.1. The molecule has 0 amide bonds. The monoisotopic (exact) mass is 270 g/mol. The highest BCUT2D eigenvalue weighted by molar-refractivity contribution is 5.75. The molecule has 0 spiro atoms. The molecule has 0 aliphatic heterocycles. The van der Waals surface area contributed by atoms with Crippen molar-refractivity contribution in [3.8, 4) is 16.9 Å². The maximum Gasteiger partial charge on any atom is 0.345 e. The third-order valence-electron chi connectivity index (χ3n) is 3.07. The molecule has 2 aromatic rings. The van der Waals surface area contributed by atoms with E-state index in [-0.39, 0.29) is 5.92 Å². The van der Waals surface area contributed by atoms with Gasteiger partial charge in [0.15, 0.2) is 6.10 Å². The van der Waals surface area contributed by atoms with Gasteiger partial charge in [-0.3, -0.25) is 0 Å². The summed E-state index contributed by atoms with van der Waals surface area (Å²) in [6, 6.07) is 17.3. The molecule has 0 fully saturated rings. The summed E-state index contributed by atoms with van der Waals surface area (Å²) >= 11 is 0. The molecule has 1 unspecified atom stereocenters. The van der Waals surface area contributed by atoms with E-state index in [9.17, 15) is 9.90 Å². The summed E-state index contributed by atoms with van der Waals surface area (Å²) in [6.45, 7) is 3.67. The van der Waals surface area contributed by atoms with Crippen LogP contribution in [0.25, 0.3) is 11.1 Å². The van der Waals surface area contributed by atoms with Crippen molar-refractivity contribution in [1.82, 2.24) is 0 Å². The van der Waals surface area contributed by atoms with Gasteiger partial charge < -0.3 is 9.84 Å². The van der Waals surface area contributed by atoms with Crippen LogP contribution in [-0.2, 0) is 4.79 Å². The quantitative estimate of drug-likeness (QED) is 0.897. The Hall–Kier alpha value is -2.29. The fraction of sp³-hybridized carbons (Fsp3) is 0.235. The molecule has 0 saturated heterocycles. The number of carboxylic acid groups (broad SMARTS) is 1. The van der Waals surface area contributed by atoms with Gasteiger partial charge in [0, 0.05) is 11.5 Å². The van der Waals surface area contributed by atoms with Gasteiger partial charge in [-0.25, -0.2) is 4.79 Å². The normalized spacial score (nSPS) is 12.2. The van der Waals surface area contributed by atoms with Crippen molar-refractivity contribution in [2.45, 2.75) is 20.0 Å². The Bertz CT molecular complexity index is 576. The molecule has 3 nitrogen and oxygen atoms in total. The zero-order valence-electron chi connectivity index (χ0n) is 11.6. The molecule has 0 radical (unpaired) electrons. The summed E-state index contributed by atoms with van der Waals surface area (Å²) in [5, 5.41) is 9.24. The van der Waals surface area contributed by atoms with E-state index in [2.05, 4.69) is 0 Å². The molecule has 1 atom stereocenters. The smallest absolute Gasteiger partial charge is 0.345 e. The van der Waals surface area contributed by atoms with Gasteiger partial charge in [0.05, 0.1) is 0 Å². The van der Waals surface area contributed by atoms with Crippen LogP contribution < -0.4 is 4.74 Å². The van der Waals surface area contributed by atoms with Crippen LogP contribution in [0.3, 0.4) is 0 Å². The van der Waals surface area contributed by atoms with Gasteiger partial charge in [-0.2, -0.15) is 0 Å². The highest BCUT2D eigenvalue weighted by Gasteiger charge is 2.24. The van der Waals surface area contributed by atoms with Gasteiger partial charge >= 0.3 is 5.97 Å². The molecule has 0 aromatic heterocycles. The Morgan fingerprint density at radius 3 is 2.20 bits per heavy atom. The Morgan fingerprint density at radius 1 is 1.00 bits per heavy atom. The van der Waals surface area contributed by atoms with Gasteiger partial charge in [-0.05, 0) is 11.6 Å². The topological polar surface area (TPSA) is 46.5 Å². The Morgan fingerprint density at radius 2 is 1.60 bits per heavy atom. The number of para-hydroxylation sites is 1. The largest absolute Gasteiger partial charge is 0.478 e. The van der Waals surface area contributed by atoms with Crippen LogP contribution in [0.2, 0.25) is 0 Å². The molecule has 0 aliphatic carbocycles. The number of hydrogen-bond acceptors (Lipinski definition) is 2. The summed E-state index contributed by atoms with van der Waals surface area (Å²) in [6.07, 6.45) is -0.847. The van der Waals surface area contributed by atoms with E-state index in [1.54, 1.807) is 6.07 Å². The van der Waals surface area contributed by atoms with Crippen molar-refractivity contribution >= 4 is 5.97 Å². The van der Waals surface area contributed by atoms with E-state index >= 15 is 0 Å². The second-order valence-electron chi connectivity index (χ2n) is 4.98. The van der Waals surface area contributed by atoms with Crippen LogP contribution in [0.1, 0.15) is 13.8 Å². The number of carboxylic acids is 1. The minimum atomic E-state index is -0.942. The lowest BCUT2D eigenvalue weighted by atomic mass is 10.0. The van der Waals surface area contributed by atoms with Crippen LogP contribution >= 0.6 is 0 Å². The van der Waals surface area contributed by atoms with Crippen molar-refractivity contribution in [2.24, 2.45) is 5.92 Å². The number of aliphatic carboxylic acids is 1. The van der Waals surface area contributed by atoms with Gasteiger partial charge in [0.25, 0.3) is 0 Å². The molecule has 20 heavy (non-hydrogen) atoms. The summed E-state index contributed by atoms with van der Waals surface area (Å²) in [7, 11) is 0. The van der Waals surface area contributed by atoms with Crippen LogP contribution in [0, 0.1) is 5.92 Å². The van der Waals surface area contributed by atoms with Crippen molar-refractivity contribution < 1.29 is 14.6 Å². The fourth-order valence-corrected chi connectivity index (χ4v) is 2.03. The number of carbonyl (C=O) groups is 1. The van der Waals surface area contributed by atoms with Crippen molar-refractivity contribution in [3.05, 3.63) is 54.6 Å². The molecule has 0 heterocycles. The van der Waals surface area contributed by atoms with E-state index in [1.165, 1.54) is 0 Å². The highest BCUT2D eigenvalue weighted by Crippen LogP contribution is 2.31. The first-order valence-corrected chi connectivity index (χ1v) is 6.63. The van der Waals surface area contributed by atoms with Crippen molar-refractivity contribution in [2.75, 3.05) is 0 Å². The van der Waals surface area contributed by atoms with E-state index in [4.69, 9.17) is 4.74 Å². The van der Waals surface area contributed by atoms with Crippen LogP contribution in [-0.4, -0.2) is 17.2 Å². The maximum absolute atomic E-state index is 11.3. The summed E-state index contributed by atoms with van der Waals surface area (Å²) in [5.41, 5.74) is 1.91. The minimum Gasteiger partial charge on any atom is -0.478 e. The van der Waals surface area contributed by atoms with Gasteiger partial charge in [-0.1, -0.05) is 62.4 Å². The first-order chi connectivity index (χ1) is 9.59. The molecule has 1 N–H and O–H groups in total. The minimum absolute atomic E-state index is 0.101. The maximum atomic E-state index is 11.3. The first-order valence-electron chi connectivity index (χ1n) is 6.63. The predicted octanol–water partition coefficient (Wildman–Crippen LogP) is 3.84. The molecule has 0 saturated carbocycles. The molecule has 0 aliphatic rings. The van der Waals surface area contributed by atoms with Crippen molar-refractivity contribution in [3.63, 3.8) is 0 Å². The highest BCUT2D eigenvalue weighted by atomic mass is 16.5. The number of rotatable bonds is 5. The Balaban J connectivity index is 2.36. The third-order valence-corrected chi connectivity index (χ3v) is 3.07. The third kappa shape index (κ3) is 3.18. The van der Waals surface area contributed by atoms with E-state index in [0.29, 0.717) is 5.75 Å². The molecular weight excluding hydrogens is 252 g/mol. The molecular formula is C17H18O3. The van der Waals surface area contributed by atoms with E-state index in [1.807, 2.05) is 62.4 Å². The SMILES string of the molecule is CC(C)C(Oc1ccccc1-c1ccccc1)C(=O)O. The van der Waals surface area contributed by atoms with Crippen LogP contribution in [0.15, 0.2) is 54.6 Å². The molecule has 0 bridgehead atoms.